The molecule has 0 radical (unpaired) electrons. The third kappa shape index (κ3) is 3.83. The van der Waals surface area contributed by atoms with Crippen LogP contribution in [0.4, 0.5) is 10.5 Å². The number of urea groups is 1. The Bertz CT molecular complexity index is 739. The van der Waals surface area contributed by atoms with E-state index >= 15 is 0 Å². The van der Waals surface area contributed by atoms with Crippen LogP contribution in [0.25, 0.3) is 0 Å². The molecule has 2 N–H and O–H groups in total. The fourth-order valence-corrected chi connectivity index (χ4v) is 3.95. The third-order valence-corrected chi connectivity index (χ3v) is 5.49. The van der Waals surface area contributed by atoms with Crippen LogP contribution in [-0.4, -0.2) is 69.4 Å². The van der Waals surface area contributed by atoms with Crippen molar-refractivity contribution in [1.82, 2.24) is 15.5 Å². The van der Waals surface area contributed by atoms with Gasteiger partial charge in [0.2, 0.25) is 5.91 Å². The number of hydrogen-bond donors (Lipinski definition) is 2. The van der Waals surface area contributed by atoms with Gasteiger partial charge in [-0.15, -0.1) is 0 Å². The number of carbonyl (C=O) groups is 2. The Morgan fingerprint density at radius 1 is 1.00 bits per heavy atom. The predicted octanol–water partition coefficient (Wildman–Crippen LogP) is 0.866. The molecule has 8 nitrogen and oxygen atoms in total. The molecule has 3 saturated heterocycles. The van der Waals surface area contributed by atoms with Crippen molar-refractivity contribution in [3.63, 3.8) is 0 Å². The first-order valence-electron chi connectivity index (χ1n) is 9.69. The topological polar surface area (TPSA) is 83.1 Å². The number of ether oxygens (including phenoxy) is 2. The number of carbonyl (C=O) groups excluding carboxylic acids is 2. The molecule has 4 rings (SSSR count). The Labute approximate surface area is 164 Å². The van der Waals surface area contributed by atoms with Gasteiger partial charge < -0.3 is 29.9 Å². The Balaban J connectivity index is 1.56. The number of anilines is 1. The van der Waals surface area contributed by atoms with Crippen molar-refractivity contribution in [2.75, 3.05) is 57.5 Å². The van der Waals surface area contributed by atoms with Gasteiger partial charge in [0.1, 0.15) is 5.92 Å². The molecule has 0 bridgehead atoms. The second-order valence-electron chi connectivity index (χ2n) is 7.21. The van der Waals surface area contributed by atoms with Crippen LogP contribution in [0.2, 0.25) is 0 Å². The van der Waals surface area contributed by atoms with Gasteiger partial charge in [-0.05, 0) is 17.7 Å². The van der Waals surface area contributed by atoms with Gasteiger partial charge >= 0.3 is 6.03 Å². The van der Waals surface area contributed by atoms with E-state index in [2.05, 4.69) is 22.1 Å². The van der Waals surface area contributed by atoms with Crippen LogP contribution in [0.15, 0.2) is 36.5 Å². The third-order valence-electron chi connectivity index (χ3n) is 5.49. The van der Waals surface area contributed by atoms with Crippen LogP contribution in [0.5, 0.6) is 0 Å². The van der Waals surface area contributed by atoms with Crippen LogP contribution >= 0.6 is 0 Å². The summed E-state index contributed by atoms with van der Waals surface area (Å²) >= 11 is 0. The molecule has 3 aliphatic rings. The first-order chi connectivity index (χ1) is 13.6. The van der Waals surface area contributed by atoms with Crippen LogP contribution in [0, 0.1) is 5.92 Å². The van der Waals surface area contributed by atoms with Crippen LogP contribution in [0.3, 0.4) is 0 Å². The first kappa shape index (κ1) is 18.8. The molecule has 2 atom stereocenters. The minimum absolute atomic E-state index is 0.0388. The zero-order valence-electron chi connectivity index (χ0n) is 15.9. The summed E-state index contributed by atoms with van der Waals surface area (Å²) in [6.45, 7) is 9.30. The average Bonchev–Trinajstić information content (AvgIpc) is 2.74. The Kier molecular flexibility index (Phi) is 5.50. The standard InChI is InChI=1S/C20H26N4O4/c1-14-17(19(25)24-8-12-28-13-9-24)18(22-20(26)21-14)15-2-4-16(5-3-15)23-6-10-27-11-7-23/h2-5,17-18H,1,6-13H2,(H2,21,22,26)/t17-,18+/m1/s1. The van der Waals surface area contributed by atoms with Gasteiger partial charge in [-0.2, -0.15) is 0 Å². The fraction of sp³-hybridized carbons (Fsp3) is 0.500. The molecule has 8 heteroatoms. The highest BCUT2D eigenvalue weighted by molar-refractivity contribution is 5.88. The Morgan fingerprint density at radius 3 is 2.25 bits per heavy atom. The summed E-state index contributed by atoms with van der Waals surface area (Å²) in [7, 11) is 0. The smallest absolute Gasteiger partial charge is 0.319 e. The molecule has 0 spiro atoms. The lowest BCUT2D eigenvalue weighted by atomic mass is 9.87. The van der Waals surface area contributed by atoms with Crippen molar-refractivity contribution in [3.05, 3.63) is 42.1 Å². The molecule has 0 unspecified atom stereocenters. The van der Waals surface area contributed by atoms with Crippen molar-refractivity contribution >= 4 is 17.6 Å². The number of nitrogens with zero attached hydrogens (tertiary/aromatic N) is 2. The monoisotopic (exact) mass is 386 g/mol. The van der Waals surface area contributed by atoms with Gasteiger partial charge in [0.05, 0.1) is 32.5 Å². The lowest BCUT2D eigenvalue weighted by Crippen LogP contribution is -2.55. The first-order valence-corrected chi connectivity index (χ1v) is 9.69. The van der Waals surface area contributed by atoms with Crippen molar-refractivity contribution in [1.29, 1.82) is 0 Å². The maximum atomic E-state index is 13.2. The van der Waals surface area contributed by atoms with E-state index in [1.54, 1.807) is 4.90 Å². The summed E-state index contributed by atoms with van der Waals surface area (Å²) in [5.41, 5.74) is 2.43. The van der Waals surface area contributed by atoms with Crippen LogP contribution < -0.4 is 15.5 Å². The molecule has 3 fully saturated rings. The number of nitrogens with one attached hydrogen (secondary N) is 2. The molecule has 3 aliphatic heterocycles. The minimum Gasteiger partial charge on any atom is -0.378 e. The van der Waals surface area contributed by atoms with E-state index in [4.69, 9.17) is 9.47 Å². The number of benzene rings is 1. The van der Waals surface area contributed by atoms with Gasteiger partial charge in [0.25, 0.3) is 0 Å². The van der Waals surface area contributed by atoms with Gasteiger partial charge in [-0.25, -0.2) is 4.79 Å². The molecular formula is C20H26N4O4. The van der Waals surface area contributed by atoms with Gasteiger partial charge in [-0.1, -0.05) is 18.7 Å². The second-order valence-corrected chi connectivity index (χ2v) is 7.21. The van der Waals surface area contributed by atoms with E-state index in [1.165, 1.54) is 0 Å². The maximum Gasteiger partial charge on any atom is 0.319 e. The van der Waals surface area contributed by atoms with Crippen molar-refractivity contribution in [3.8, 4) is 0 Å². The molecule has 1 aromatic rings. The number of morpholine rings is 2. The van der Waals surface area contributed by atoms with E-state index < -0.39 is 12.0 Å². The van der Waals surface area contributed by atoms with E-state index in [9.17, 15) is 9.59 Å². The highest BCUT2D eigenvalue weighted by atomic mass is 16.5. The molecular weight excluding hydrogens is 360 g/mol. The van der Waals surface area contributed by atoms with E-state index in [-0.39, 0.29) is 11.9 Å². The maximum absolute atomic E-state index is 13.2. The Morgan fingerprint density at radius 2 is 1.61 bits per heavy atom. The molecule has 0 saturated carbocycles. The number of hydrogen-bond acceptors (Lipinski definition) is 5. The molecule has 1 aromatic carbocycles. The van der Waals surface area contributed by atoms with Crippen molar-refractivity contribution in [2.24, 2.45) is 5.92 Å². The highest BCUT2D eigenvalue weighted by Gasteiger charge is 2.40. The summed E-state index contributed by atoms with van der Waals surface area (Å²) in [6, 6.07) is 7.25. The predicted molar refractivity (Wildman–Crippen MR) is 104 cm³/mol. The van der Waals surface area contributed by atoms with Gasteiger partial charge in [0, 0.05) is 37.6 Å². The summed E-state index contributed by atoms with van der Waals surface area (Å²) in [6.07, 6.45) is 0. The molecule has 3 amide bonds. The van der Waals surface area contributed by atoms with E-state index in [0.717, 1.165) is 37.6 Å². The molecule has 150 valence electrons. The van der Waals surface area contributed by atoms with Crippen LogP contribution in [-0.2, 0) is 14.3 Å². The molecule has 0 aromatic heterocycles. The fourth-order valence-electron chi connectivity index (χ4n) is 3.95. The molecule has 28 heavy (non-hydrogen) atoms. The second kappa shape index (κ2) is 8.20. The average molecular weight is 386 g/mol. The summed E-state index contributed by atoms with van der Waals surface area (Å²) in [5.74, 6) is -0.590. The van der Waals surface area contributed by atoms with Gasteiger partial charge in [-0.3, -0.25) is 4.79 Å². The minimum atomic E-state index is -0.551. The highest BCUT2D eigenvalue weighted by Crippen LogP contribution is 2.32. The summed E-state index contributed by atoms with van der Waals surface area (Å²) in [4.78, 5) is 29.3. The quantitative estimate of drug-likeness (QED) is 0.805. The van der Waals surface area contributed by atoms with Crippen molar-refractivity contribution < 1.29 is 19.1 Å². The zero-order valence-corrected chi connectivity index (χ0v) is 15.9. The lowest BCUT2D eigenvalue weighted by molar-refractivity contribution is -0.139. The molecule has 3 heterocycles. The number of rotatable bonds is 3. The van der Waals surface area contributed by atoms with Gasteiger partial charge in [0.15, 0.2) is 0 Å². The van der Waals surface area contributed by atoms with Crippen LogP contribution in [0.1, 0.15) is 11.6 Å². The SMILES string of the molecule is C=C1NC(=O)N[C@@H](c2ccc(N3CCOCC3)cc2)[C@@H]1C(=O)N1CCOCC1. The Hall–Kier alpha value is -2.58. The zero-order chi connectivity index (χ0) is 19.5. The van der Waals surface area contributed by atoms with E-state index in [1.807, 2.05) is 24.3 Å². The summed E-state index contributed by atoms with van der Waals surface area (Å²) < 4.78 is 10.8. The lowest BCUT2D eigenvalue weighted by Gasteiger charge is -2.38. The van der Waals surface area contributed by atoms with E-state index in [0.29, 0.717) is 32.0 Å². The number of amides is 3. The largest absolute Gasteiger partial charge is 0.378 e. The summed E-state index contributed by atoms with van der Waals surface area (Å²) in [5, 5.41) is 5.58. The molecule has 0 aliphatic carbocycles. The normalized spacial score (nSPS) is 25.9. The van der Waals surface area contributed by atoms with Crippen molar-refractivity contribution in [2.45, 2.75) is 6.04 Å².